The Hall–Kier alpha value is -0.580. The Morgan fingerprint density at radius 3 is 2.36 bits per heavy atom. The summed E-state index contributed by atoms with van der Waals surface area (Å²) in [6.07, 6.45) is -1.95. The first-order chi connectivity index (χ1) is 6.45. The Balaban J connectivity index is 2.79. The number of alkyl halides is 4. The SMILES string of the molecule is O=C(CBr)C1=CC=C(C(F)(F)F)CC1. The van der Waals surface area contributed by atoms with Gasteiger partial charge in [-0.2, -0.15) is 13.2 Å². The first kappa shape index (κ1) is 11.5. The van der Waals surface area contributed by atoms with Crippen LogP contribution < -0.4 is 0 Å². The van der Waals surface area contributed by atoms with Gasteiger partial charge in [0.1, 0.15) is 0 Å². The van der Waals surface area contributed by atoms with Crippen molar-refractivity contribution >= 4 is 21.7 Å². The summed E-state index contributed by atoms with van der Waals surface area (Å²) in [4.78, 5) is 11.1. The standard InChI is InChI=1S/C9H8BrF3O/c10-5-8(14)6-1-3-7(4-2-6)9(11,12)13/h1,3H,2,4-5H2. The number of hydrogen-bond donors (Lipinski definition) is 0. The zero-order chi connectivity index (χ0) is 10.8. The van der Waals surface area contributed by atoms with Crippen LogP contribution >= 0.6 is 15.9 Å². The number of hydrogen-bond acceptors (Lipinski definition) is 1. The first-order valence-electron chi connectivity index (χ1n) is 4.01. The molecule has 14 heavy (non-hydrogen) atoms. The molecule has 1 rings (SSSR count). The topological polar surface area (TPSA) is 17.1 Å². The summed E-state index contributed by atoms with van der Waals surface area (Å²) in [7, 11) is 0. The van der Waals surface area contributed by atoms with Crippen molar-refractivity contribution in [3.63, 3.8) is 0 Å². The second-order valence-corrected chi connectivity index (χ2v) is 3.50. The third-order valence-corrected chi connectivity index (χ3v) is 2.50. The number of Topliss-reactive ketones (excluding diaryl/α,β-unsaturated/α-hetero) is 1. The van der Waals surface area contributed by atoms with Crippen molar-refractivity contribution in [1.82, 2.24) is 0 Å². The van der Waals surface area contributed by atoms with Crippen molar-refractivity contribution in [2.24, 2.45) is 0 Å². The maximum atomic E-state index is 12.2. The molecule has 0 saturated carbocycles. The molecular formula is C9H8BrF3O. The van der Waals surface area contributed by atoms with Crippen LogP contribution in [0.2, 0.25) is 0 Å². The Morgan fingerprint density at radius 1 is 1.36 bits per heavy atom. The lowest BCUT2D eigenvalue weighted by Gasteiger charge is -2.15. The van der Waals surface area contributed by atoms with Crippen molar-refractivity contribution in [2.45, 2.75) is 19.0 Å². The highest BCUT2D eigenvalue weighted by molar-refractivity contribution is 9.09. The molecule has 0 aromatic rings. The molecule has 0 unspecified atom stereocenters. The fourth-order valence-corrected chi connectivity index (χ4v) is 1.55. The molecule has 0 fully saturated rings. The molecule has 0 aromatic heterocycles. The van der Waals surface area contributed by atoms with Crippen LogP contribution in [-0.4, -0.2) is 17.3 Å². The van der Waals surface area contributed by atoms with Crippen LogP contribution in [-0.2, 0) is 4.79 Å². The predicted octanol–water partition coefficient (Wildman–Crippen LogP) is 3.16. The molecule has 0 amide bonds. The van der Waals surface area contributed by atoms with Crippen molar-refractivity contribution in [3.8, 4) is 0 Å². The van der Waals surface area contributed by atoms with Crippen LogP contribution in [0.15, 0.2) is 23.3 Å². The summed E-state index contributed by atoms with van der Waals surface area (Å²) in [6, 6.07) is 0. The Morgan fingerprint density at radius 2 is 2.00 bits per heavy atom. The van der Waals surface area contributed by atoms with E-state index in [1.165, 1.54) is 6.08 Å². The molecule has 0 saturated heterocycles. The number of carbonyl (C=O) groups excluding carboxylic acids is 1. The van der Waals surface area contributed by atoms with E-state index in [4.69, 9.17) is 0 Å². The summed E-state index contributed by atoms with van der Waals surface area (Å²) < 4.78 is 36.5. The molecule has 0 atom stereocenters. The van der Waals surface area contributed by atoms with Crippen molar-refractivity contribution in [2.75, 3.05) is 5.33 Å². The summed E-state index contributed by atoms with van der Waals surface area (Å²) in [5.74, 6) is -0.150. The average Bonchev–Trinajstić information content (AvgIpc) is 2.15. The molecule has 0 N–H and O–H groups in total. The molecule has 78 valence electrons. The largest absolute Gasteiger partial charge is 0.412 e. The van der Waals surface area contributed by atoms with E-state index < -0.39 is 11.7 Å². The lowest BCUT2D eigenvalue weighted by molar-refractivity contribution is -0.113. The number of halogens is 4. The van der Waals surface area contributed by atoms with Crippen LogP contribution in [0.5, 0.6) is 0 Å². The van der Waals surface area contributed by atoms with Gasteiger partial charge < -0.3 is 0 Å². The first-order valence-corrected chi connectivity index (χ1v) is 5.13. The minimum atomic E-state index is -4.26. The molecule has 0 spiro atoms. The number of ketones is 1. The highest BCUT2D eigenvalue weighted by atomic mass is 79.9. The normalized spacial score (nSPS) is 17.4. The minimum absolute atomic E-state index is 0.103. The maximum Gasteiger partial charge on any atom is 0.412 e. The highest BCUT2D eigenvalue weighted by Gasteiger charge is 2.34. The summed E-state index contributed by atoms with van der Waals surface area (Å²) in [6.45, 7) is 0. The maximum absolute atomic E-state index is 12.2. The Labute approximate surface area is 87.8 Å². The zero-order valence-corrected chi connectivity index (χ0v) is 8.78. The zero-order valence-electron chi connectivity index (χ0n) is 7.20. The van der Waals surface area contributed by atoms with Gasteiger partial charge in [0.2, 0.25) is 0 Å². The van der Waals surface area contributed by atoms with E-state index in [0.29, 0.717) is 5.57 Å². The van der Waals surface area contributed by atoms with Gasteiger partial charge in [-0.05, 0) is 18.4 Å². The third-order valence-electron chi connectivity index (χ3n) is 1.99. The van der Waals surface area contributed by atoms with Crippen LogP contribution in [0.1, 0.15) is 12.8 Å². The summed E-state index contributed by atoms with van der Waals surface area (Å²) in [5, 5.41) is 0.161. The van der Waals surface area contributed by atoms with E-state index in [1.807, 2.05) is 0 Å². The van der Waals surface area contributed by atoms with E-state index in [0.717, 1.165) is 6.08 Å². The number of rotatable bonds is 2. The Kier molecular flexibility index (Phi) is 3.53. The summed E-state index contributed by atoms with van der Waals surface area (Å²) in [5.41, 5.74) is -0.113. The van der Waals surface area contributed by atoms with Crippen molar-refractivity contribution in [1.29, 1.82) is 0 Å². The van der Waals surface area contributed by atoms with Gasteiger partial charge in [0.05, 0.1) is 5.33 Å². The van der Waals surface area contributed by atoms with Gasteiger partial charge in [-0.25, -0.2) is 0 Å². The van der Waals surface area contributed by atoms with Crippen molar-refractivity contribution in [3.05, 3.63) is 23.3 Å². The van der Waals surface area contributed by atoms with Gasteiger partial charge >= 0.3 is 6.18 Å². The number of allylic oxidation sites excluding steroid dienone is 4. The quantitative estimate of drug-likeness (QED) is 0.704. The van der Waals surface area contributed by atoms with Crippen LogP contribution in [0.25, 0.3) is 0 Å². The van der Waals surface area contributed by atoms with Gasteiger partial charge in [0, 0.05) is 5.57 Å². The molecule has 1 aliphatic rings. The van der Waals surface area contributed by atoms with Gasteiger partial charge in [0.15, 0.2) is 5.78 Å². The second kappa shape index (κ2) is 4.29. The molecular weight excluding hydrogens is 261 g/mol. The van der Waals surface area contributed by atoms with E-state index in [9.17, 15) is 18.0 Å². The minimum Gasteiger partial charge on any atom is -0.294 e. The molecule has 0 heterocycles. The highest BCUT2D eigenvalue weighted by Crippen LogP contribution is 2.32. The van der Waals surface area contributed by atoms with Gasteiger partial charge in [0.25, 0.3) is 0 Å². The third kappa shape index (κ3) is 2.70. The molecule has 0 radical (unpaired) electrons. The van der Waals surface area contributed by atoms with E-state index in [1.54, 1.807) is 0 Å². The van der Waals surface area contributed by atoms with E-state index >= 15 is 0 Å². The van der Waals surface area contributed by atoms with Gasteiger partial charge in [-0.15, -0.1) is 0 Å². The number of carbonyl (C=O) groups is 1. The van der Waals surface area contributed by atoms with Crippen LogP contribution in [0, 0.1) is 0 Å². The van der Waals surface area contributed by atoms with Crippen LogP contribution in [0.4, 0.5) is 13.2 Å². The molecule has 1 aliphatic carbocycles. The molecule has 0 aromatic carbocycles. The van der Waals surface area contributed by atoms with Crippen LogP contribution in [0.3, 0.4) is 0 Å². The lowest BCUT2D eigenvalue weighted by atomic mass is 9.96. The lowest BCUT2D eigenvalue weighted by Crippen LogP contribution is -2.15. The van der Waals surface area contributed by atoms with E-state index in [-0.39, 0.29) is 24.0 Å². The fraction of sp³-hybridized carbons (Fsp3) is 0.444. The van der Waals surface area contributed by atoms with Crippen molar-refractivity contribution < 1.29 is 18.0 Å². The summed E-state index contributed by atoms with van der Waals surface area (Å²) >= 11 is 2.97. The molecule has 5 heteroatoms. The fourth-order valence-electron chi connectivity index (χ4n) is 1.19. The van der Waals surface area contributed by atoms with Gasteiger partial charge in [-0.3, -0.25) is 4.79 Å². The van der Waals surface area contributed by atoms with Gasteiger partial charge in [-0.1, -0.05) is 28.1 Å². The molecule has 0 aliphatic heterocycles. The monoisotopic (exact) mass is 268 g/mol. The predicted molar refractivity (Wildman–Crippen MR) is 50.3 cm³/mol. The average molecular weight is 269 g/mol. The second-order valence-electron chi connectivity index (χ2n) is 2.94. The Bertz CT molecular complexity index is 302. The van der Waals surface area contributed by atoms with E-state index in [2.05, 4.69) is 15.9 Å². The molecule has 0 bridgehead atoms. The molecule has 1 nitrogen and oxygen atoms in total. The smallest absolute Gasteiger partial charge is 0.294 e.